The number of hydrogen-bond donors (Lipinski definition) is 0. The number of rotatable bonds is 3. The van der Waals surface area contributed by atoms with E-state index in [9.17, 15) is 0 Å². The van der Waals surface area contributed by atoms with Gasteiger partial charge in [0.15, 0.2) is 0 Å². The molecule has 2 rings (SSSR count). The van der Waals surface area contributed by atoms with E-state index >= 15 is 0 Å². The Labute approximate surface area is 98.9 Å². The maximum Gasteiger partial charge on any atom is 0.150 e. The Morgan fingerprint density at radius 3 is 3.07 bits per heavy atom. The van der Waals surface area contributed by atoms with Gasteiger partial charge in [-0.15, -0.1) is 11.3 Å². The molecular weight excluding hydrogens is 280 g/mol. The van der Waals surface area contributed by atoms with E-state index in [1.54, 1.807) is 29.3 Å². The van der Waals surface area contributed by atoms with Gasteiger partial charge in [-0.2, -0.15) is 0 Å². The average molecular weight is 287 g/mol. The minimum atomic E-state index is 0.917. The molecule has 0 aliphatic heterocycles. The van der Waals surface area contributed by atoms with Crippen LogP contribution >= 0.6 is 39.0 Å². The van der Waals surface area contributed by atoms with Crippen LogP contribution in [0.2, 0.25) is 0 Å². The molecule has 0 radical (unpaired) electrons. The van der Waals surface area contributed by atoms with Crippen molar-refractivity contribution in [2.24, 2.45) is 0 Å². The third-order valence-electron chi connectivity index (χ3n) is 1.53. The van der Waals surface area contributed by atoms with Gasteiger partial charge in [0.1, 0.15) is 4.34 Å². The fraction of sp³-hybridized carbons (Fsp3) is 0.111. The van der Waals surface area contributed by atoms with Crippen LogP contribution in [-0.4, -0.2) is 9.97 Å². The Bertz CT molecular complexity index is 403. The number of nitrogens with zero attached hydrogens (tertiary/aromatic N) is 2. The third kappa shape index (κ3) is 2.80. The van der Waals surface area contributed by atoms with Crippen LogP contribution in [-0.2, 0) is 5.75 Å². The summed E-state index contributed by atoms with van der Waals surface area (Å²) in [4.78, 5) is 8.31. The molecule has 2 heterocycles. The summed E-state index contributed by atoms with van der Waals surface area (Å²) in [6.45, 7) is 0. The van der Waals surface area contributed by atoms with Crippen LogP contribution in [0.4, 0.5) is 0 Å². The number of thiazole rings is 1. The molecule has 0 amide bonds. The van der Waals surface area contributed by atoms with E-state index in [0.717, 1.165) is 14.6 Å². The second-order valence-electron chi connectivity index (χ2n) is 2.60. The zero-order chi connectivity index (χ0) is 9.80. The summed E-state index contributed by atoms with van der Waals surface area (Å²) in [7, 11) is 0. The molecule has 0 unspecified atom stereocenters. The number of aromatic nitrogens is 2. The second-order valence-corrected chi connectivity index (χ2v) is 5.63. The normalized spacial score (nSPS) is 10.4. The molecule has 0 spiro atoms. The highest BCUT2D eigenvalue weighted by Gasteiger charge is 1.99. The highest BCUT2D eigenvalue weighted by Crippen LogP contribution is 2.24. The Hall–Kier alpha value is -0.390. The van der Waals surface area contributed by atoms with Gasteiger partial charge in [0.25, 0.3) is 0 Å². The molecule has 0 atom stereocenters. The van der Waals surface area contributed by atoms with Crippen LogP contribution < -0.4 is 0 Å². The lowest BCUT2D eigenvalue weighted by atomic mass is 10.3. The molecular formula is C9H7BrN2S2. The van der Waals surface area contributed by atoms with E-state index in [2.05, 4.69) is 32.0 Å². The molecule has 2 aromatic heterocycles. The predicted molar refractivity (Wildman–Crippen MR) is 63.6 cm³/mol. The van der Waals surface area contributed by atoms with E-state index < -0.39 is 0 Å². The van der Waals surface area contributed by atoms with Gasteiger partial charge in [-0.05, 0) is 27.6 Å². The zero-order valence-electron chi connectivity index (χ0n) is 7.18. The molecule has 5 heteroatoms. The van der Waals surface area contributed by atoms with Crippen molar-refractivity contribution in [1.29, 1.82) is 0 Å². The van der Waals surface area contributed by atoms with Gasteiger partial charge in [0, 0.05) is 34.2 Å². The van der Waals surface area contributed by atoms with E-state index in [-0.39, 0.29) is 0 Å². The fourth-order valence-electron chi connectivity index (χ4n) is 0.962. The summed E-state index contributed by atoms with van der Waals surface area (Å²) < 4.78 is 2.12. The van der Waals surface area contributed by atoms with Gasteiger partial charge >= 0.3 is 0 Å². The average Bonchev–Trinajstić information content (AvgIpc) is 2.67. The number of pyridine rings is 1. The predicted octanol–water partition coefficient (Wildman–Crippen LogP) is 3.59. The van der Waals surface area contributed by atoms with Gasteiger partial charge in [0.05, 0.1) is 0 Å². The summed E-state index contributed by atoms with van der Waals surface area (Å²) in [6, 6.07) is 2.08. The number of halogens is 1. The van der Waals surface area contributed by atoms with Gasteiger partial charge in [-0.25, -0.2) is 4.98 Å². The Kier molecular flexibility index (Phi) is 3.55. The molecule has 0 saturated heterocycles. The molecule has 72 valence electrons. The Balaban J connectivity index is 1.98. The van der Waals surface area contributed by atoms with Gasteiger partial charge < -0.3 is 0 Å². The van der Waals surface area contributed by atoms with Crippen molar-refractivity contribution in [2.45, 2.75) is 10.1 Å². The Morgan fingerprint density at radius 2 is 2.36 bits per heavy atom. The first-order valence-corrected chi connectivity index (χ1v) is 6.62. The van der Waals surface area contributed by atoms with E-state index in [1.165, 1.54) is 5.56 Å². The van der Waals surface area contributed by atoms with E-state index in [1.807, 2.05) is 17.8 Å². The highest BCUT2D eigenvalue weighted by molar-refractivity contribution is 9.10. The minimum Gasteiger partial charge on any atom is -0.263 e. The molecule has 2 nitrogen and oxygen atoms in total. The van der Waals surface area contributed by atoms with Crippen LogP contribution in [0.3, 0.4) is 0 Å². The highest BCUT2D eigenvalue weighted by atomic mass is 79.9. The maximum atomic E-state index is 4.20. The molecule has 0 aliphatic rings. The van der Waals surface area contributed by atoms with E-state index in [4.69, 9.17) is 0 Å². The third-order valence-corrected chi connectivity index (χ3v) is 4.00. The van der Waals surface area contributed by atoms with Crippen LogP contribution in [0, 0.1) is 0 Å². The van der Waals surface area contributed by atoms with Gasteiger partial charge in [0.2, 0.25) is 0 Å². The molecule has 0 aromatic carbocycles. The van der Waals surface area contributed by atoms with Crippen LogP contribution in [0.25, 0.3) is 0 Å². The van der Waals surface area contributed by atoms with Crippen molar-refractivity contribution in [3.63, 3.8) is 0 Å². The smallest absolute Gasteiger partial charge is 0.150 e. The quantitative estimate of drug-likeness (QED) is 0.807. The largest absolute Gasteiger partial charge is 0.263 e. The minimum absolute atomic E-state index is 0.917. The van der Waals surface area contributed by atoms with Crippen molar-refractivity contribution in [3.05, 3.63) is 40.1 Å². The SMILES string of the molecule is Brc1cncc(CSc2nccs2)c1. The lowest BCUT2D eigenvalue weighted by Crippen LogP contribution is -1.82. The zero-order valence-corrected chi connectivity index (χ0v) is 10.4. The molecule has 0 aliphatic carbocycles. The lowest BCUT2D eigenvalue weighted by molar-refractivity contribution is 1.21. The van der Waals surface area contributed by atoms with Crippen LogP contribution in [0.1, 0.15) is 5.56 Å². The first-order valence-electron chi connectivity index (χ1n) is 3.96. The molecule has 0 saturated carbocycles. The van der Waals surface area contributed by atoms with Crippen molar-refractivity contribution in [1.82, 2.24) is 9.97 Å². The summed E-state index contributed by atoms with van der Waals surface area (Å²) in [5.74, 6) is 0.917. The number of thioether (sulfide) groups is 1. The molecule has 0 fully saturated rings. The number of hydrogen-bond acceptors (Lipinski definition) is 4. The molecule has 0 bridgehead atoms. The summed E-state index contributed by atoms with van der Waals surface area (Å²) in [5.41, 5.74) is 1.21. The molecule has 2 aromatic rings. The maximum absolute atomic E-state index is 4.20. The van der Waals surface area contributed by atoms with Crippen LogP contribution in [0.15, 0.2) is 38.8 Å². The van der Waals surface area contributed by atoms with Crippen molar-refractivity contribution in [3.8, 4) is 0 Å². The van der Waals surface area contributed by atoms with Crippen LogP contribution in [0.5, 0.6) is 0 Å². The van der Waals surface area contributed by atoms with Crippen molar-refractivity contribution < 1.29 is 0 Å². The molecule has 14 heavy (non-hydrogen) atoms. The van der Waals surface area contributed by atoms with Crippen molar-refractivity contribution >= 4 is 39.0 Å². The fourth-order valence-corrected chi connectivity index (χ4v) is 2.93. The van der Waals surface area contributed by atoms with E-state index in [0.29, 0.717) is 0 Å². The monoisotopic (exact) mass is 286 g/mol. The van der Waals surface area contributed by atoms with Gasteiger partial charge in [-0.1, -0.05) is 11.8 Å². The summed E-state index contributed by atoms with van der Waals surface area (Å²) >= 11 is 6.80. The molecule has 0 N–H and O–H groups in total. The summed E-state index contributed by atoms with van der Waals surface area (Å²) in [5, 5.41) is 1.99. The summed E-state index contributed by atoms with van der Waals surface area (Å²) in [6.07, 6.45) is 5.50. The Morgan fingerprint density at radius 1 is 1.43 bits per heavy atom. The van der Waals surface area contributed by atoms with Gasteiger partial charge in [-0.3, -0.25) is 4.98 Å². The topological polar surface area (TPSA) is 25.8 Å². The lowest BCUT2D eigenvalue weighted by Gasteiger charge is -1.98. The standard InChI is InChI=1S/C9H7BrN2S2/c10-8-3-7(4-11-5-8)6-14-9-12-1-2-13-9/h1-5H,6H2. The first kappa shape index (κ1) is 10.1. The van der Waals surface area contributed by atoms with Crippen molar-refractivity contribution in [2.75, 3.05) is 0 Å². The first-order chi connectivity index (χ1) is 6.84. The second kappa shape index (κ2) is 4.91.